The van der Waals surface area contributed by atoms with Crippen LogP contribution in [-0.4, -0.2) is 40.7 Å². The lowest BCUT2D eigenvalue weighted by atomic mass is 9.97. The van der Waals surface area contributed by atoms with Crippen molar-refractivity contribution >= 4 is 5.97 Å². The van der Waals surface area contributed by atoms with Crippen LogP contribution in [0.15, 0.2) is 24.3 Å². The van der Waals surface area contributed by atoms with E-state index in [2.05, 4.69) is 13.8 Å². The number of aliphatic hydroxyl groups excluding tert-OH is 1. The molecule has 0 saturated carbocycles. The molecular formula is C16H25NO3. The van der Waals surface area contributed by atoms with Gasteiger partial charge >= 0.3 is 5.97 Å². The highest BCUT2D eigenvalue weighted by Crippen LogP contribution is 2.23. The zero-order chi connectivity index (χ0) is 15.3. The Morgan fingerprint density at radius 3 is 2.10 bits per heavy atom. The average molecular weight is 279 g/mol. The maximum Gasteiger partial charge on any atom is 0.304 e. The van der Waals surface area contributed by atoms with E-state index < -0.39 is 12.1 Å². The van der Waals surface area contributed by atoms with Crippen LogP contribution in [0.2, 0.25) is 0 Å². The van der Waals surface area contributed by atoms with Crippen molar-refractivity contribution in [1.29, 1.82) is 0 Å². The fraction of sp³-hybridized carbons (Fsp3) is 0.562. The quantitative estimate of drug-likeness (QED) is 0.805. The van der Waals surface area contributed by atoms with E-state index in [4.69, 9.17) is 5.11 Å². The zero-order valence-corrected chi connectivity index (χ0v) is 12.7. The van der Waals surface area contributed by atoms with Crippen LogP contribution in [-0.2, 0) is 4.79 Å². The smallest absolute Gasteiger partial charge is 0.304 e. The molecular weight excluding hydrogens is 254 g/mol. The van der Waals surface area contributed by atoms with Gasteiger partial charge in [0.15, 0.2) is 0 Å². The topological polar surface area (TPSA) is 60.8 Å². The van der Waals surface area contributed by atoms with Crippen molar-refractivity contribution in [3.05, 3.63) is 35.4 Å². The Labute approximate surface area is 121 Å². The van der Waals surface area contributed by atoms with Gasteiger partial charge in [0.1, 0.15) is 0 Å². The number of hydrogen-bond acceptors (Lipinski definition) is 3. The molecule has 0 aliphatic rings. The van der Waals surface area contributed by atoms with Crippen molar-refractivity contribution in [2.45, 2.75) is 45.3 Å². The van der Waals surface area contributed by atoms with Gasteiger partial charge in [0.2, 0.25) is 0 Å². The van der Waals surface area contributed by atoms with E-state index >= 15 is 0 Å². The van der Waals surface area contributed by atoms with Gasteiger partial charge in [-0.25, -0.2) is 0 Å². The maximum absolute atomic E-state index is 10.6. The monoisotopic (exact) mass is 279 g/mol. The number of hydrogen-bond donors (Lipinski definition) is 2. The van der Waals surface area contributed by atoms with Crippen LogP contribution in [0.3, 0.4) is 0 Å². The number of nitrogens with zero attached hydrogens (tertiary/aromatic N) is 1. The predicted octanol–water partition coefficient (Wildman–Crippen LogP) is 2.64. The van der Waals surface area contributed by atoms with Gasteiger partial charge in [-0.3, -0.25) is 4.79 Å². The fourth-order valence-electron chi connectivity index (χ4n) is 2.07. The molecule has 0 bridgehead atoms. The molecule has 0 radical (unpaired) electrons. The molecule has 0 aliphatic carbocycles. The Balaban J connectivity index is 2.67. The SMILES string of the molecule is CC(C)c1ccc(C(O)C(C)N(C)CCC(=O)O)cc1. The summed E-state index contributed by atoms with van der Waals surface area (Å²) in [6.45, 7) is 6.60. The van der Waals surface area contributed by atoms with Crippen molar-refractivity contribution in [3.63, 3.8) is 0 Å². The van der Waals surface area contributed by atoms with Crippen LogP contribution >= 0.6 is 0 Å². The van der Waals surface area contributed by atoms with Gasteiger partial charge < -0.3 is 15.1 Å². The predicted molar refractivity (Wildman–Crippen MR) is 79.8 cm³/mol. The molecule has 0 aromatic heterocycles. The Morgan fingerprint density at radius 1 is 1.15 bits per heavy atom. The summed E-state index contributed by atoms with van der Waals surface area (Å²) in [5.74, 6) is -0.350. The van der Waals surface area contributed by atoms with E-state index in [0.717, 1.165) is 5.56 Å². The van der Waals surface area contributed by atoms with E-state index in [1.165, 1.54) is 5.56 Å². The highest BCUT2D eigenvalue weighted by Gasteiger charge is 2.20. The highest BCUT2D eigenvalue weighted by molar-refractivity contribution is 5.66. The molecule has 0 fully saturated rings. The van der Waals surface area contributed by atoms with Gasteiger partial charge in [-0.1, -0.05) is 38.1 Å². The number of likely N-dealkylation sites (N-methyl/N-ethyl adjacent to an activating group) is 1. The molecule has 112 valence electrons. The molecule has 2 N–H and O–H groups in total. The maximum atomic E-state index is 10.6. The molecule has 4 heteroatoms. The molecule has 1 rings (SSSR count). The van der Waals surface area contributed by atoms with Crippen LogP contribution < -0.4 is 0 Å². The van der Waals surface area contributed by atoms with Crippen molar-refractivity contribution in [2.24, 2.45) is 0 Å². The third kappa shape index (κ3) is 4.62. The Morgan fingerprint density at radius 2 is 1.65 bits per heavy atom. The highest BCUT2D eigenvalue weighted by atomic mass is 16.4. The van der Waals surface area contributed by atoms with E-state index in [-0.39, 0.29) is 12.5 Å². The molecule has 4 nitrogen and oxygen atoms in total. The van der Waals surface area contributed by atoms with Gasteiger partial charge in [0.25, 0.3) is 0 Å². The van der Waals surface area contributed by atoms with Gasteiger partial charge in [-0.2, -0.15) is 0 Å². The minimum absolute atomic E-state index is 0.0832. The number of carboxylic acids is 1. The lowest BCUT2D eigenvalue weighted by Crippen LogP contribution is -2.35. The van der Waals surface area contributed by atoms with Crippen LogP contribution in [0, 0.1) is 0 Å². The summed E-state index contributed by atoms with van der Waals surface area (Å²) < 4.78 is 0. The van der Waals surface area contributed by atoms with E-state index in [1.807, 2.05) is 43.1 Å². The lowest BCUT2D eigenvalue weighted by molar-refractivity contribution is -0.137. The van der Waals surface area contributed by atoms with E-state index in [0.29, 0.717) is 12.5 Å². The molecule has 0 spiro atoms. The molecule has 2 unspecified atom stereocenters. The number of rotatable bonds is 7. The van der Waals surface area contributed by atoms with E-state index in [9.17, 15) is 9.90 Å². The fourth-order valence-corrected chi connectivity index (χ4v) is 2.07. The van der Waals surface area contributed by atoms with Gasteiger partial charge in [0.05, 0.1) is 12.5 Å². The second kappa shape index (κ2) is 7.41. The van der Waals surface area contributed by atoms with Crippen LogP contribution in [0.25, 0.3) is 0 Å². The van der Waals surface area contributed by atoms with Crippen LogP contribution in [0.5, 0.6) is 0 Å². The largest absolute Gasteiger partial charge is 0.481 e. The van der Waals surface area contributed by atoms with Gasteiger partial charge in [0, 0.05) is 12.6 Å². The van der Waals surface area contributed by atoms with Crippen LogP contribution in [0.1, 0.15) is 50.3 Å². The Hall–Kier alpha value is -1.39. The number of carboxylic acid groups (broad SMARTS) is 1. The van der Waals surface area contributed by atoms with Crippen molar-refractivity contribution in [2.75, 3.05) is 13.6 Å². The second-order valence-corrected chi connectivity index (χ2v) is 5.63. The minimum Gasteiger partial charge on any atom is -0.481 e. The third-order valence-corrected chi connectivity index (χ3v) is 3.78. The number of carbonyl (C=O) groups is 1. The summed E-state index contributed by atoms with van der Waals surface area (Å²) in [6.07, 6.45) is -0.533. The first-order chi connectivity index (χ1) is 9.32. The Kier molecular flexibility index (Phi) is 6.17. The first kappa shape index (κ1) is 16.7. The Bertz CT molecular complexity index is 428. The molecule has 0 saturated heterocycles. The summed E-state index contributed by atoms with van der Waals surface area (Å²) in [6, 6.07) is 7.84. The summed E-state index contributed by atoms with van der Waals surface area (Å²) in [5, 5.41) is 19.1. The zero-order valence-electron chi connectivity index (χ0n) is 12.7. The molecule has 0 heterocycles. The van der Waals surface area contributed by atoms with Crippen molar-refractivity contribution < 1.29 is 15.0 Å². The lowest BCUT2D eigenvalue weighted by Gasteiger charge is -2.28. The van der Waals surface area contributed by atoms with Crippen molar-refractivity contribution in [3.8, 4) is 0 Å². The van der Waals surface area contributed by atoms with Crippen molar-refractivity contribution in [1.82, 2.24) is 4.90 Å². The first-order valence-corrected chi connectivity index (χ1v) is 7.03. The number of aliphatic hydroxyl groups is 1. The van der Waals surface area contributed by atoms with E-state index in [1.54, 1.807) is 0 Å². The molecule has 1 aromatic carbocycles. The normalized spacial score (nSPS) is 14.6. The number of benzene rings is 1. The molecule has 0 aliphatic heterocycles. The van der Waals surface area contributed by atoms with Crippen LogP contribution in [0.4, 0.5) is 0 Å². The standard InChI is InChI=1S/C16H25NO3/c1-11(2)13-5-7-14(8-6-13)16(20)12(3)17(4)10-9-15(18)19/h5-8,11-12,16,20H,9-10H2,1-4H3,(H,18,19). The molecule has 20 heavy (non-hydrogen) atoms. The minimum atomic E-state index is -0.820. The summed E-state index contributed by atoms with van der Waals surface area (Å²) in [5.41, 5.74) is 2.11. The molecule has 1 aromatic rings. The summed E-state index contributed by atoms with van der Waals surface area (Å²) in [7, 11) is 1.83. The van der Waals surface area contributed by atoms with Gasteiger partial charge in [-0.15, -0.1) is 0 Å². The average Bonchev–Trinajstić information content (AvgIpc) is 2.43. The summed E-state index contributed by atoms with van der Waals surface area (Å²) >= 11 is 0. The number of aliphatic carboxylic acids is 1. The summed E-state index contributed by atoms with van der Waals surface area (Å²) in [4.78, 5) is 12.4. The first-order valence-electron chi connectivity index (χ1n) is 7.03. The van der Waals surface area contributed by atoms with Gasteiger partial charge in [-0.05, 0) is 31.0 Å². The molecule has 0 amide bonds. The molecule has 2 atom stereocenters. The third-order valence-electron chi connectivity index (χ3n) is 3.78. The second-order valence-electron chi connectivity index (χ2n) is 5.63.